The summed E-state index contributed by atoms with van der Waals surface area (Å²) in [5.74, 6) is -1.58. The Morgan fingerprint density at radius 1 is 0.976 bits per heavy atom. The number of benzene rings is 3. The lowest BCUT2D eigenvalue weighted by Crippen LogP contribution is -2.46. The first-order chi connectivity index (χ1) is 20.0. The van der Waals surface area contributed by atoms with Crippen LogP contribution in [0.5, 0.6) is 0 Å². The Hall–Kier alpha value is -3.71. The number of nitrogens with zero attached hydrogens (tertiary/aromatic N) is 1. The van der Waals surface area contributed by atoms with Gasteiger partial charge in [0.2, 0.25) is 5.91 Å². The van der Waals surface area contributed by atoms with Crippen LogP contribution in [0.1, 0.15) is 80.0 Å². The Morgan fingerprint density at radius 2 is 1.71 bits per heavy atom. The number of anilines is 2. The fraction of sp³-hybridized carbons (Fsp3) is 0.429. The molecule has 4 atom stereocenters. The van der Waals surface area contributed by atoms with E-state index in [0.717, 1.165) is 35.5 Å². The third kappa shape index (κ3) is 6.36. The minimum atomic E-state index is -0.545. The molecule has 2 heterocycles. The van der Waals surface area contributed by atoms with Gasteiger partial charge in [0, 0.05) is 24.5 Å². The number of nitrogens with one attached hydrogen (secondary N) is 2. The molecule has 3 unspecified atom stereocenters. The van der Waals surface area contributed by atoms with Gasteiger partial charge in [-0.05, 0) is 85.5 Å². The number of likely N-dealkylation sites (tertiary alicyclic amines) is 1. The van der Waals surface area contributed by atoms with Crippen molar-refractivity contribution in [2.24, 2.45) is 5.92 Å². The second kappa shape index (κ2) is 12.3. The van der Waals surface area contributed by atoms with Gasteiger partial charge in [0.25, 0.3) is 5.91 Å². The summed E-state index contributed by atoms with van der Waals surface area (Å²) in [6.45, 7) is 11.4. The molecule has 3 aromatic carbocycles. The van der Waals surface area contributed by atoms with Gasteiger partial charge in [0.15, 0.2) is 0 Å². The van der Waals surface area contributed by atoms with Gasteiger partial charge >= 0.3 is 0 Å². The molecule has 0 spiro atoms. The molecular weight excluding hydrogens is 529 g/mol. The zero-order valence-electron chi connectivity index (χ0n) is 25.2. The summed E-state index contributed by atoms with van der Waals surface area (Å²) in [6.07, 6.45) is 2.33. The number of rotatable bonds is 6. The van der Waals surface area contributed by atoms with Gasteiger partial charge in [0.05, 0.1) is 29.7 Å². The van der Waals surface area contributed by atoms with Crippen molar-refractivity contribution in [3.8, 4) is 0 Å². The van der Waals surface area contributed by atoms with Gasteiger partial charge in [-0.1, -0.05) is 57.2 Å². The molecule has 0 saturated carbocycles. The van der Waals surface area contributed by atoms with E-state index in [0.29, 0.717) is 24.9 Å². The maximum atomic E-state index is 15.0. The van der Waals surface area contributed by atoms with Gasteiger partial charge in [-0.2, -0.15) is 0 Å². The number of ether oxygens (including phenoxy) is 1. The van der Waals surface area contributed by atoms with Crippen LogP contribution >= 0.6 is 0 Å². The fourth-order valence-electron chi connectivity index (χ4n) is 6.17. The standard InChI is InChI=1S/C35H42FN3O3/c1-22-9-6-13-29(36)31(22)34(41)39-19-8-12-28(33(40)38-27-11-7-10-25(21-27)35(3,4)5)32(39)24-14-16-26(17-15-24)37-30-18-20-42-23(30)2/h6-7,9-11,13-17,21,23,28,30,32,37H,8,12,18-20H2,1-5H3,(H,38,40)/t23?,28-,30?,32?/m0/s1. The molecule has 2 saturated heterocycles. The summed E-state index contributed by atoms with van der Waals surface area (Å²) >= 11 is 0. The average Bonchev–Trinajstić information content (AvgIpc) is 3.36. The highest BCUT2D eigenvalue weighted by molar-refractivity contribution is 5.98. The number of hydrogen-bond acceptors (Lipinski definition) is 4. The van der Waals surface area contributed by atoms with E-state index in [4.69, 9.17) is 4.74 Å². The molecule has 0 radical (unpaired) electrons. The molecule has 5 rings (SSSR count). The van der Waals surface area contributed by atoms with E-state index < -0.39 is 17.8 Å². The summed E-state index contributed by atoms with van der Waals surface area (Å²) in [7, 11) is 0. The molecule has 2 N–H and O–H groups in total. The summed E-state index contributed by atoms with van der Waals surface area (Å²) in [5, 5.41) is 6.68. The number of piperidine rings is 1. The highest BCUT2D eigenvalue weighted by Crippen LogP contribution is 2.39. The lowest BCUT2D eigenvalue weighted by molar-refractivity contribution is -0.123. The van der Waals surface area contributed by atoms with Gasteiger partial charge in [-0.15, -0.1) is 0 Å². The highest BCUT2D eigenvalue weighted by atomic mass is 19.1. The number of carbonyl (C=O) groups excluding carboxylic acids is 2. The number of amides is 2. The maximum Gasteiger partial charge on any atom is 0.257 e. The zero-order valence-corrected chi connectivity index (χ0v) is 25.2. The quantitative estimate of drug-likeness (QED) is 0.327. The van der Waals surface area contributed by atoms with Crippen molar-refractivity contribution < 1.29 is 18.7 Å². The van der Waals surface area contributed by atoms with Crippen LogP contribution in [0.3, 0.4) is 0 Å². The Bertz CT molecular complexity index is 1410. The van der Waals surface area contributed by atoms with E-state index in [1.807, 2.05) is 42.5 Å². The first-order valence-electron chi connectivity index (χ1n) is 15.0. The van der Waals surface area contributed by atoms with Crippen LogP contribution < -0.4 is 10.6 Å². The zero-order chi connectivity index (χ0) is 30.0. The Kier molecular flexibility index (Phi) is 8.69. The minimum absolute atomic E-state index is 0.0624. The molecule has 2 fully saturated rings. The third-order valence-corrected chi connectivity index (χ3v) is 8.64. The molecule has 2 aliphatic rings. The van der Waals surface area contributed by atoms with Crippen molar-refractivity contribution in [3.63, 3.8) is 0 Å². The fourth-order valence-corrected chi connectivity index (χ4v) is 6.17. The molecule has 6 nitrogen and oxygen atoms in total. The van der Waals surface area contributed by atoms with Gasteiger partial charge in [-0.25, -0.2) is 4.39 Å². The van der Waals surface area contributed by atoms with Gasteiger partial charge < -0.3 is 20.3 Å². The second-order valence-corrected chi connectivity index (χ2v) is 12.7. The molecule has 42 heavy (non-hydrogen) atoms. The van der Waals surface area contributed by atoms with E-state index in [1.54, 1.807) is 24.0 Å². The predicted molar refractivity (Wildman–Crippen MR) is 165 cm³/mol. The monoisotopic (exact) mass is 571 g/mol. The summed E-state index contributed by atoms with van der Waals surface area (Å²) in [5.41, 5.74) is 4.24. The average molecular weight is 572 g/mol. The second-order valence-electron chi connectivity index (χ2n) is 12.7. The number of aryl methyl sites for hydroxylation is 1. The van der Waals surface area contributed by atoms with Crippen LogP contribution in [0.4, 0.5) is 15.8 Å². The molecule has 3 aromatic rings. The van der Waals surface area contributed by atoms with E-state index >= 15 is 0 Å². The summed E-state index contributed by atoms with van der Waals surface area (Å²) < 4.78 is 20.7. The molecule has 0 bridgehead atoms. The molecule has 222 valence electrons. The van der Waals surface area contributed by atoms with Crippen molar-refractivity contribution in [2.75, 3.05) is 23.8 Å². The molecular formula is C35H42FN3O3. The SMILES string of the molecule is Cc1cccc(F)c1C(=O)N1CCC[C@H](C(=O)Nc2cccc(C(C)(C)C)c2)C1c1ccc(NC2CCOC2C)cc1. The van der Waals surface area contributed by atoms with Crippen molar-refractivity contribution >= 4 is 23.2 Å². The molecule has 0 aromatic heterocycles. The Morgan fingerprint density at radius 3 is 2.38 bits per heavy atom. The van der Waals surface area contributed by atoms with Crippen LogP contribution in [-0.4, -0.2) is 42.0 Å². The third-order valence-electron chi connectivity index (χ3n) is 8.64. The first kappa shape index (κ1) is 29.8. The van der Waals surface area contributed by atoms with Gasteiger partial charge in [0.1, 0.15) is 5.82 Å². The van der Waals surface area contributed by atoms with Crippen LogP contribution in [0.2, 0.25) is 0 Å². The molecule has 7 heteroatoms. The van der Waals surface area contributed by atoms with Crippen LogP contribution in [0.15, 0.2) is 66.7 Å². The maximum absolute atomic E-state index is 15.0. The highest BCUT2D eigenvalue weighted by Gasteiger charge is 2.40. The normalized spacial score (nSPS) is 22.6. The molecule has 2 amide bonds. The van der Waals surface area contributed by atoms with Crippen molar-refractivity contribution in [3.05, 3.63) is 94.8 Å². The number of carbonyl (C=O) groups is 2. The van der Waals surface area contributed by atoms with Crippen LogP contribution in [-0.2, 0) is 14.9 Å². The van der Waals surface area contributed by atoms with Crippen molar-refractivity contribution in [2.45, 2.75) is 77.5 Å². The Balaban J connectivity index is 1.47. The minimum Gasteiger partial charge on any atom is -0.380 e. The number of halogens is 1. The summed E-state index contributed by atoms with van der Waals surface area (Å²) in [4.78, 5) is 29.6. The van der Waals surface area contributed by atoms with Gasteiger partial charge in [-0.3, -0.25) is 9.59 Å². The van der Waals surface area contributed by atoms with Crippen molar-refractivity contribution in [1.82, 2.24) is 4.90 Å². The van der Waals surface area contributed by atoms with Crippen molar-refractivity contribution in [1.29, 1.82) is 0 Å². The lowest BCUT2D eigenvalue weighted by atomic mass is 9.83. The van der Waals surface area contributed by atoms with E-state index in [9.17, 15) is 14.0 Å². The van der Waals surface area contributed by atoms with E-state index in [2.05, 4.69) is 44.4 Å². The summed E-state index contributed by atoms with van der Waals surface area (Å²) in [6, 6.07) is 20.2. The largest absolute Gasteiger partial charge is 0.380 e. The Labute approximate surface area is 248 Å². The topological polar surface area (TPSA) is 70.7 Å². The first-order valence-corrected chi connectivity index (χ1v) is 15.0. The smallest absolute Gasteiger partial charge is 0.257 e. The lowest BCUT2D eigenvalue weighted by Gasteiger charge is -2.41. The molecule has 2 aliphatic heterocycles. The van der Waals surface area contributed by atoms with E-state index in [-0.39, 0.29) is 34.9 Å². The number of hydrogen-bond donors (Lipinski definition) is 2. The van der Waals surface area contributed by atoms with Crippen LogP contribution in [0, 0.1) is 18.7 Å². The van der Waals surface area contributed by atoms with E-state index in [1.165, 1.54) is 6.07 Å². The van der Waals surface area contributed by atoms with Crippen LogP contribution in [0.25, 0.3) is 0 Å². The molecule has 0 aliphatic carbocycles. The predicted octanol–water partition coefficient (Wildman–Crippen LogP) is 7.25.